The van der Waals surface area contributed by atoms with Gasteiger partial charge < -0.3 is 5.32 Å². The molecule has 0 aromatic heterocycles. The molecule has 2 fully saturated rings. The van der Waals surface area contributed by atoms with E-state index < -0.39 is 6.17 Å². The molecule has 0 bridgehead atoms. The van der Waals surface area contributed by atoms with Crippen molar-refractivity contribution in [3.8, 4) is 0 Å². The highest BCUT2D eigenvalue weighted by atomic mass is 19.1. The third-order valence-corrected chi connectivity index (χ3v) is 2.95. The van der Waals surface area contributed by atoms with Gasteiger partial charge in [0.1, 0.15) is 6.17 Å². The second-order valence-corrected chi connectivity index (χ2v) is 3.88. The van der Waals surface area contributed by atoms with Crippen molar-refractivity contribution in [3.63, 3.8) is 0 Å². The van der Waals surface area contributed by atoms with Crippen LogP contribution in [0.2, 0.25) is 0 Å². The Morgan fingerprint density at radius 2 is 2.25 bits per heavy atom. The summed E-state index contributed by atoms with van der Waals surface area (Å²) in [6, 6.07) is 0.611. The standard InChI is InChI=1S/C9H17FN2/c10-8-3-5-12(7-8)9-2-1-4-11-6-9/h8-9,11H,1-7H2. The molecule has 2 aliphatic rings. The van der Waals surface area contributed by atoms with Crippen molar-refractivity contribution >= 4 is 0 Å². The van der Waals surface area contributed by atoms with Crippen molar-refractivity contribution in [2.45, 2.75) is 31.5 Å². The quantitative estimate of drug-likeness (QED) is 0.629. The van der Waals surface area contributed by atoms with Gasteiger partial charge in [-0.3, -0.25) is 4.90 Å². The molecule has 2 atom stereocenters. The first-order chi connectivity index (χ1) is 5.86. The minimum Gasteiger partial charge on any atom is -0.315 e. The molecule has 0 spiro atoms. The number of hydrogen-bond acceptors (Lipinski definition) is 2. The number of nitrogens with zero attached hydrogens (tertiary/aromatic N) is 1. The lowest BCUT2D eigenvalue weighted by atomic mass is 10.1. The van der Waals surface area contributed by atoms with E-state index in [1.54, 1.807) is 0 Å². The van der Waals surface area contributed by atoms with E-state index in [1.807, 2.05) is 0 Å². The molecule has 2 heterocycles. The average molecular weight is 172 g/mol. The third kappa shape index (κ3) is 1.77. The Morgan fingerprint density at radius 3 is 2.83 bits per heavy atom. The van der Waals surface area contributed by atoms with E-state index in [-0.39, 0.29) is 0 Å². The van der Waals surface area contributed by atoms with Gasteiger partial charge in [0.25, 0.3) is 0 Å². The molecule has 2 aliphatic heterocycles. The molecule has 0 amide bonds. The summed E-state index contributed by atoms with van der Waals surface area (Å²) in [5, 5.41) is 3.36. The lowest BCUT2D eigenvalue weighted by molar-refractivity contribution is 0.188. The zero-order valence-corrected chi connectivity index (χ0v) is 7.43. The molecule has 12 heavy (non-hydrogen) atoms. The lowest BCUT2D eigenvalue weighted by Gasteiger charge is -2.31. The van der Waals surface area contributed by atoms with E-state index in [4.69, 9.17) is 0 Å². The van der Waals surface area contributed by atoms with Gasteiger partial charge in [-0.25, -0.2) is 4.39 Å². The van der Waals surface area contributed by atoms with E-state index in [2.05, 4.69) is 10.2 Å². The highest BCUT2D eigenvalue weighted by molar-refractivity contribution is 4.84. The molecular weight excluding hydrogens is 155 g/mol. The van der Waals surface area contributed by atoms with Crippen LogP contribution in [0.25, 0.3) is 0 Å². The van der Waals surface area contributed by atoms with Gasteiger partial charge in [-0.2, -0.15) is 0 Å². The van der Waals surface area contributed by atoms with Gasteiger partial charge in [-0.15, -0.1) is 0 Å². The van der Waals surface area contributed by atoms with Crippen molar-refractivity contribution in [3.05, 3.63) is 0 Å². The molecule has 2 nitrogen and oxygen atoms in total. The fourth-order valence-electron chi connectivity index (χ4n) is 2.22. The van der Waals surface area contributed by atoms with Crippen LogP contribution in [0.5, 0.6) is 0 Å². The van der Waals surface area contributed by atoms with Crippen LogP contribution in [0.4, 0.5) is 4.39 Å². The maximum Gasteiger partial charge on any atom is 0.114 e. The van der Waals surface area contributed by atoms with Crippen molar-refractivity contribution in [1.82, 2.24) is 10.2 Å². The Hall–Kier alpha value is -0.150. The minimum atomic E-state index is -0.563. The molecule has 1 N–H and O–H groups in total. The van der Waals surface area contributed by atoms with E-state index >= 15 is 0 Å². The van der Waals surface area contributed by atoms with Gasteiger partial charge in [0.2, 0.25) is 0 Å². The zero-order valence-electron chi connectivity index (χ0n) is 7.43. The first-order valence-electron chi connectivity index (χ1n) is 4.95. The summed E-state index contributed by atoms with van der Waals surface area (Å²) in [7, 11) is 0. The van der Waals surface area contributed by atoms with Gasteiger partial charge in [0.15, 0.2) is 0 Å². The molecule has 3 heteroatoms. The van der Waals surface area contributed by atoms with Gasteiger partial charge in [-0.05, 0) is 25.8 Å². The Bertz CT molecular complexity index is 143. The predicted molar refractivity (Wildman–Crippen MR) is 47.0 cm³/mol. The van der Waals surface area contributed by atoms with Crippen LogP contribution in [0.3, 0.4) is 0 Å². The molecule has 0 aromatic carbocycles. The normalized spacial score (nSPS) is 38.8. The zero-order chi connectivity index (χ0) is 8.39. The first-order valence-corrected chi connectivity index (χ1v) is 4.95. The Balaban J connectivity index is 1.83. The van der Waals surface area contributed by atoms with Gasteiger partial charge in [-0.1, -0.05) is 0 Å². The second kappa shape index (κ2) is 3.71. The van der Waals surface area contributed by atoms with Crippen LogP contribution in [0.15, 0.2) is 0 Å². The number of likely N-dealkylation sites (tertiary alicyclic amines) is 1. The first kappa shape index (κ1) is 8.45. The van der Waals surface area contributed by atoms with E-state index in [1.165, 1.54) is 12.8 Å². The van der Waals surface area contributed by atoms with Gasteiger partial charge in [0.05, 0.1) is 0 Å². The summed E-state index contributed by atoms with van der Waals surface area (Å²) in [6.07, 6.45) is 2.68. The number of nitrogens with one attached hydrogen (secondary N) is 1. The van der Waals surface area contributed by atoms with Crippen LogP contribution < -0.4 is 5.32 Å². The van der Waals surface area contributed by atoms with Crippen molar-refractivity contribution in [1.29, 1.82) is 0 Å². The number of hydrogen-bond donors (Lipinski definition) is 1. The number of rotatable bonds is 1. The fourth-order valence-corrected chi connectivity index (χ4v) is 2.22. The van der Waals surface area contributed by atoms with Crippen LogP contribution in [-0.4, -0.2) is 43.3 Å². The summed E-state index contributed by atoms with van der Waals surface area (Å²) < 4.78 is 12.9. The van der Waals surface area contributed by atoms with Crippen LogP contribution in [0, 0.1) is 0 Å². The Labute approximate surface area is 73.1 Å². The van der Waals surface area contributed by atoms with E-state index in [0.29, 0.717) is 12.6 Å². The second-order valence-electron chi connectivity index (χ2n) is 3.88. The van der Waals surface area contributed by atoms with Crippen molar-refractivity contribution < 1.29 is 4.39 Å². The van der Waals surface area contributed by atoms with Crippen molar-refractivity contribution in [2.75, 3.05) is 26.2 Å². The minimum absolute atomic E-state index is 0.563. The molecule has 0 saturated carbocycles. The summed E-state index contributed by atoms with van der Waals surface area (Å²) >= 11 is 0. The summed E-state index contributed by atoms with van der Waals surface area (Å²) in [5.41, 5.74) is 0. The monoisotopic (exact) mass is 172 g/mol. The van der Waals surface area contributed by atoms with Crippen molar-refractivity contribution in [2.24, 2.45) is 0 Å². The topological polar surface area (TPSA) is 15.3 Å². The van der Waals surface area contributed by atoms with Crippen LogP contribution in [0.1, 0.15) is 19.3 Å². The van der Waals surface area contributed by atoms with Gasteiger partial charge >= 0.3 is 0 Å². The van der Waals surface area contributed by atoms with E-state index in [9.17, 15) is 4.39 Å². The Kier molecular flexibility index (Phi) is 2.61. The van der Waals surface area contributed by atoms with Crippen LogP contribution >= 0.6 is 0 Å². The maximum absolute atomic E-state index is 12.9. The maximum atomic E-state index is 12.9. The van der Waals surface area contributed by atoms with Crippen LogP contribution in [-0.2, 0) is 0 Å². The molecule has 2 saturated heterocycles. The molecule has 0 aliphatic carbocycles. The Morgan fingerprint density at radius 1 is 1.33 bits per heavy atom. The molecular formula is C9H17FN2. The highest BCUT2D eigenvalue weighted by Gasteiger charge is 2.28. The average Bonchev–Trinajstić information content (AvgIpc) is 2.54. The summed E-state index contributed by atoms with van der Waals surface area (Å²) in [5.74, 6) is 0. The fraction of sp³-hybridized carbons (Fsp3) is 1.00. The summed E-state index contributed by atoms with van der Waals surface area (Å²) in [6.45, 7) is 3.84. The number of alkyl halides is 1. The molecule has 70 valence electrons. The number of piperidine rings is 1. The largest absolute Gasteiger partial charge is 0.315 e. The number of halogens is 1. The molecule has 0 aromatic rings. The molecule has 2 rings (SSSR count). The SMILES string of the molecule is FC1CCN(C2CCCNC2)C1. The third-order valence-electron chi connectivity index (χ3n) is 2.95. The molecule has 2 unspecified atom stereocenters. The lowest BCUT2D eigenvalue weighted by Crippen LogP contribution is -2.45. The van der Waals surface area contributed by atoms with Gasteiger partial charge in [0, 0.05) is 25.7 Å². The smallest absolute Gasteiger partial charge is 0.114 e. The highest BCUT2D eigenvalue weighted by Crippen LogP contribution is 2.18. The van der Waals surface area contributed by atoms with E-state index in [0.717, 1.165) is 26.1 Å². The predicted octanol–water partition coefficient (Wildman–Crippen LogP) is 0.782. The molecule has 0 radical (unpaired) electrons. The summed E-state index contributed by atoms with van der Waals surface area (Å²) in [4.78, 5) is 2.30.